The average Bonchev–Trinajstić information content (AvgIpc) is 2.37. The van der Waals surface area contributed by atoms with Crippen LogP contribution < -0.4 is 21.5 Å². The van der Waals surface area contributed by atoms with Crippen LogP contribution in [0.15, 0.2) is 40.9 Å². The molecular formula is C14H14BrN3O2. The average molecular weight is 336 g/mol. The lowest BCUT2D eigenvalue weighted by Crippen LogP contribution is -2.12. The van der Waals surface area contributed by atoms with Crippen LogP contribution in [0.4, 0.5) is 17.1 Å². The van der Waals surface area contributed by atoms with Crippen LogP contribution in [-0.2, 0) is 0 Å². The van der Waals surface area contributed by atoms with Crippen LogP contribution in [0.5, 0.6) is 5.75 Å². The molecule has 0 heterocycles. The van der Waals surface area contributed by atoms with E-state index in [1.54, 1.807) is 43.5 Å². The molecule has 0 aliphatic carbocycles. The first-order valence-corrected chi connectivity index (χ1v) is 6.60. The van der Waals surface area contributed by atoms with Crippen molar-refractivity contribution < 1.29 is 9.53 Å². The maximum Gasteiger partial charge on any atom is 0.255 e. The fourth-order valence-electron chi connectivity index (χ4n) is 1.76. The van der Waals surface area contributed by atoms with Crippen molar-refractivity contribution in [1.82, 2.24) is 0 Å². The van der Waals surface area contributed by atoms with Crippen LogP contribution in [0.1, 0.15) is 10.4 Å². The molecule has 0 bridgehead atoms. The molecule has 104 valence electrons. The first kappa shape index (κ1) is 14.2. The Morgan fingerprint density at radius 3 is 2.35 bits per heavy atom. The first-order chi connectivity index (χ1) is 9.49. The van der Waals surface area contributed by atoms with E-state index in [1.807, 2.05) is 0 Å². The van der Waals surface area contributed by atoms with Gasteiger partial charge in [0.2, 0.25) is 0 Å². The Labute approximate surface area is 125 Å². The Kier molecular flexibility index (Phi) is 4.14. The van der Waals surface area contributed by atoms with E-state index >= 15 is 0 Å². The molecule has 2 aromatic rings. The van der Waals surface area contributed by atoms with E-state index in [2.05, 4.69) is 21.2 Å². The number of nitrogens with two attached hydrogens (primary N) is 2. The number of benzene rings is 2. The van der Waals surface area contributed by atoms with Crippen molar-refractivity contribution in [1.29, 1.82) is 0 Å². The Morgan fingerprint density at radius 2 is 1.80 bits per heavy atom. The van der Waals surface area contributed by atoms with E-state index in [0.29, 0.717) is 28.4 Å². The molecule has 0 aliphatic heterocycles. The highest BCUT2D eigenvalue weighted by Gasteiger charge is 2.09. The van der Waals surface area contributed by atoms with E-state index in [4.69, 9.17) is 16.2 Å². The van der Waals surface area contributed by atoms with Gasteiger partial charge in [0.1, 0.15) is 5.75 Å². The van der Waals surface area contributed by atoms with E-state index in [0.717, 1.165) is 4.47 Å². The first-order valence-electron chi connectivity index (χ1n) is 5.80. The van der Waals surface area contributed by atoms with Gasteiger partial charge in [-0.2, -0.15) is 0 Å². The van der Waals surface area contributed by atoms with Crippen LogP contribution in [0, 0.1) is 0 Å². The molecule has 2 rings (SSSR count). The number of ether oxygens (including phenoxy) is 1. The van der Waals surface area contributed by atoms with E-state index in [9.17, 15) is 4.79 Å². The number of rotatable bonds is 3. The number of halogens is 1. The van der Waals surface area contributed by atoms with Gasteiger partial charge < -0.3 is 21.5 Å². The van der Waals surface area contributed by atoms with Crippen LogP contribution in [0.25, 0.3) is 0 Å². The van der Waals surface area contributed by atoms with Gasteiger partial charge in [-0.25, -0.2) is 0 Å². The summed E-state index contributed by atoms with van der Waals surface area (Å²) in [5.41, 5.74) is 13.3. The summed E-state index contributed by atoms with van der Waals surface area (Å²) in [6, 6.07) is 10.0. The van der Waals surface area contributed by atoms with Crippen LogP contribution in [-0.4, -0.2) is 13.0 Å². The topological polar surface area (TPSA) is 90.4 Å². The maximum atomic E-state index is 12.1. The highest BCUT2D eigenvalue weighted by Crippen LogP contribution is 2.28. The molecule has 5 nitrogen and oxygen atoms in total. The highest BCUT2D eigenvalue weighted by molar-refractivity contribution is 9.10. The highest BCUT2D eigenvalue weighted by atomic mass is 79.9. The molecule has 0 unspecified atom stereocenters. The third kappa shape index (κ3) is 3.21. The molecule has 0 atom stereocenters. The maximum absolute atomic E-state index is 12.1. The number of amides is 1. The Balaban J connectivity index is 2.21. The summed E-state index contributed by atoms with van der Waals surface area (Å²) in [6.07, 6.45) is 0. The molecule has 0 radical (unpaired) electrons. The van der Waals surface area contributed by atoms with Crippen molar-refractivity contribution in [3.05, 3.63) is 46.4 Å². The number of hydrogen-bond acceptors (Lipinski definition) is 4. The van der Waals surface area contributed by atoms with Gasteiger partial charge in [-0.05, 0) is 52.3 Å². The third-order valence-electron chi connectivity index (χ3n) is 2.65. The van der Waals surface area contributed by atoms with Crippen molar-refractivity contribution in [3.8, 4) is 5.75 Å². The monoisotopic (exact) mass is 335 g/mol. The molecule has 0 aromatic heterocycles. The van der Waals surface area contributed by atoms with Gasteiger partial charge in [0, 0.05) is 22.6 Å². The summed E-state index contributed by atoms with van der Waals surface area (Å²) >= 11 is 3.36. The second kappa shape index (κ2) is 5.83. The van der Waals surface area contributed by atoms with Gasteiger partial charge in [-0.15, -0.1) is 0 Å². The fraction of sp³-hybridized carbons (Fsp3) is 0.0714. The minimum atomic E-state index is -0.277. The summed E-state index contributed by atoms with van der Waals surface area (Å²) in [4.78, 5) is 12.1. The number of nitrogen functional groups attached to an aromatic ring is 2. The second-order valence-electron chi connectivity index (χ2n) is 4.19. The molecular weight excluding hydrogens is 322 g/mol. The van der Waals surface area contributed by atoms with E-state index in [1.165, 1.54) is 0 Å². The molecule has 5 N–H and O–H groups in total. The Morgan fingerprint density at radius 1 is 1.15 bits per heavy atom. The zero-order valence-corrected chi connectivity index (χ0v) is 12.4. The molecule has 1 amide bonds. The van der Waals surface area contributed by atoms with Crippen LogP contribution >= 0.6 is 15.9 Å². The minimum Gasteiger partial charge on any atom is -0.496 e. The zero-order chi connectivity index (χ0) is 14.7. The Bertz CT molecular complexity index is 639. The van der Waals surface area contributed by atoms with Crippen LogP contribution in [0.2, 0.25) is 0 Å². The van der Waals surface area contributed by atoms with Crippen LogP contribution in [0.3, 0.4) is 0 Å². The summed E-state index contributed by atoms with van der Waals surface area (Å²) in [7, 11) is 1.58. The van der Waals surface area contributed by atoms with E-state index in [-0.39, 0.29) is 5.91 Å². The molecule has 0 fully saturated rings. The molecule has 0 aliphatic rings. The fourth-order valence-corrected chi connectivity index (χ4v) is 2.30. The molecule has 0 spiro atoms. The lowest BCUT2D eigenvalue weighted by molar-refractivity contribution is 0.102. The molecule has 20 heavy (non-hydrogen) atoms. The van der Waals surface area contributed by atoms with Crippen molar-refractivity contribution in [2.75, 3.05) is 23.9 Å². The molecule has 0 saturated heterocycles. The number of hydrogen-bond donors (Lipinski definition) is 3. The van der Waals surface area contributed by atoms with Gasteiger partial charge in [0.25, 0.3) is 5.91 Å². The predicted octanol–water partition coefficient (Wildman–Crippen LogP) is 2.87. The molecule has 2 aromatic carbocycles. The van der Waals surface area contributed by atoms with Gasteiger partial charge in [0.15, 0.2) is 0 Å². The van der Waals surface area contributed by atoms with Gasteiger partial charge in [-0.3, -0.25) is 4.79 Å². The molecule has 0 saturated carbocycles. The Hall–Kier alpha value is -2.21. The van der Waals surface area contributed by atoms with Crippen molar-refractivity contribution in [2.24, 2.45) is 0 Å². The quantitative estimate of drug-likeness (QED) is 0.752. The predicted molar refractivity (Wildman–Crippen MR) is 83.9 cm³/mol. The number of nitrogens with one attached hydrogen (secondary N) is 1. The molecule has 6 heteroatoms. The number of carbonyl (C=O) groups excluding carboxylic acids is 1. The number of methoxy groups -OCH3 is 1. The third-order valence-corrected chi connectivity index (χ3v) is 3.27. The summed E-state index contributed by atoms with van der Waals surface area (Å²) in [5, 5.41) is 2.77. The summed E-state index contributed by atoms with van der Waals surface area (Å²) < 4.78 is 5.88. The van der Waals surface area contributed by atoms with Crippen molar-refractivity contribution in [2.45, 2.75) is 0 Å². The number of carbonyl (C=O) groups is 1. The van der Waals surface area contributed by atoms with Gasteiger partial charge in [0.05, 0.1) is 11.6 Å². The van der Waals surface area contributed by atoms with Crippen molar-refractivity contribution >= 4 is 38.9 Å². The van der Waals surface area contributed by atoms with E-state index < -0.39 is 0 Å². The SMILES string of the molecule is COc1ccc(NC(=O)c2cc(N)cc(N)c2)cc1Br. The van der Waals surface area contributed by atoms with Gasteiger partial charge in [-0.1, -0.05) is 0 Å². The standard InChI is InChI=1S/C14H14BrN3O2/c1-20-13-3-2-11(7-12(13)15)18-14(19)8-4-9(16)6-10(17)5-8/h2-7H,16-17H2,1H3,(H,18,19). The number of anilines is 3. The second-order valence-corrected chi connectivity index (χ2v) is 5.05. The minimum absolute atomic E-state index is 0.277. The normalized spacial score (nSPS) is 10.1. The smallest absolute Gasteiger partial charge is 0.255 e. The largest absolute Gasteiger partial charge is 0.496 e. The summed E-state index contributed by atoms with van der Waals surface area (Å²) in [6.45, 7) is 0. The lowest BCUT2D eigenvalue weighted by Gasteiger charge is -2.09. The summed E-state index contributed by atoms with van der Waals surface area (Å²) in [5.74, 6) is 0.414. The lowest BCUT2D eigenvalue weighted by atomic mass is 10.1. The van der Waals surface area contributed by atoms with Crippen molar-refractivity contribution in [3.63, 3.8) is 0 Å². The van der Waals surface area contributed by atoms with Gasteiger partial charge >= 0.3 is 0 Å². The zero-order valence-electron chi connectivity index (χ0n) is 10.8.